The molecule has 0 heterocycles. The van der Waals surface area contributed by atoms with Crippen molar-refractivity contribution in [2.75, 3.05) is 26.4 Å². The zero-order valence-corrected chi connectivity index (χ0v) is 6.79. The molecule has 0 aliphatic heterocycles. The van der Waals surface area contributed by atoms with Crippen LogP contribution in [0.3, 0.4) is 0 Å². The molecule has 0 amide bonds. The third-order valence-corrected chi connectivity index (χ3v) is 1.08. The van der Waals surface area contributed by atoms with Crippen LogP contribution in [0.4, 0.5) is 0 Å². The van der Waals surface area contributed by atoms with Crippen molar-refractivity contribution in [2.24, 2.45) is 0 Å². The molecule has 0 aromatic rings. The van der Waals surface area contributed by atoms with E-state index in [0.29, 0.717) is 12.9 Å². The summed E-state index contributed by atoms with van der Waals surface area (Å²) in [6.07, 6.45) is 0.494. The van der Waals surface area contributed by atoms with Gasteiger partial charge in [0, 0.05) is 0 Å². The van der Waals surface area contributed by atoms with Crippen molar-refractivity contribution in [3.8, 4) is 0 Å². The molecular formula is C6H11ClO4. The largest absolute Gasteiger partial charge is 0.394 e. The lowest BCUT2D eigenvalue weighted by Gasteiger charge is -2.04. The minimum atomic E-state index is -0.896. The van der Waals surface area contributed by atoms with Gasteiger partial charge in [0.1, 0.15) is 0 Å². The minimum Gasteiger partial charge on any atom is -0.394 e. The third-order valence-electron chi connectivity index (χ3n) is 0.847. The van der Waals surface area contributed by atoms with Crippen molar-refractivity contribution in [3.05, 3.63) is 0 Å². The molecule has 0 rings (SSSR count). The Bertz CT molecular complexity index is 98.6. The number of aliphatic hydroxyl groups excluding tert-OH is 1. The Morgan fingerprint density at radius 3 is 2.73 bits per heavy atom. The van der Waals surface area contributed by atoms with Crippen LogP contribution in [0.2, 0.25) is 0 Å². The van der Waals surface area contributed by atoms with Crippen LogP contribution in [0.25, 0.3) is 0 Å². The van der Waals surface area contributed by atoms with Crippen molar-refractivity contribution in [1.82, 2.24) is 0 Å². The molecule has 11 heavy (non-hydrogen) atoms. The molecule has 66 valence electrons. The van der Waals surface area contributed by atoms with Crippen molar-refractivity contribution in [2.45, 2.75) is 5.56 Å². The van der Waals surface area contributed by atoms with Gasteiger partial charge >= 0.3 is 0 Å². The molecule has 0 aliphatic carbocycles. The van der Waals surface area contributed by atoms with Crippen molar-refractivity contribution in [3.63, 3.8) is 0 Å². The fourth-order valence-corrected chi connectivity index (χ4v) is 0.515. The Labute approximate surface area is 70.1 Å². The summed E-state index contributed by atoms with van der Waals surface area (Å²) in [5.74, 6) is 0. The van der Waals surface area contributed by atoms with Crippen LogP contribution in [0.15, 0.2) is 0 Å². The molecule has 0 aromatic carbocycles. The van der Waals surface area contributed by atoms with Gasteiger partial charge in [-0.05, 0) is 0 Å². The van der Waals surface area contributed by atoms with Gasteiger partial charge in [-0.25, -0.2) is 0 Å². The number of hydrogen-bond donors (Lipinski definition) is 1. The molecule has 0 bridgehead atoms. The number of carbonyl (C=O) groups is 1. The van der Waals surface area contributed by atoms with Crippen molar-refractivity contribution in [1.29, 1.82) is 0 Å². The van der Waals surface area contributed by atoms with E-state index in [9.17, 15) is 4.79 Å². The number of alkyl halides is 1. The molecule has 4 nitrogen and oxygen atoms in total. The van der Waals surface area contributed by atoms with Gasteiger partial charge in [-0.2, -0.15) is 0 Å². The highest BCUT2D eigenvalue weighted by molar-refractivity contribution is 6.26. The summed E-state index contributed by atoms with van der Waals surface area (Å²) in [5, 5.41) is 8.27. The number of aldehydes is 1. The minimum absolute atomic E-state index is 0.0159. The average Bonchev–Trinajstić information content (AvgIpc) is 2.04. The van der Waals surface area contributed by atoms with Gasteiger partial charge in [0.25, 0.3) is 0 Å². The molecule has 0 spiro atoms. The second-order valence-corrected chi connectivity index (χ2v) is 2.12. The maximum atomic E-state index is 9.89. The second kappa shape index (κ2) is 7.94. The van der Waals surface area contributed by atoms with Gasteiger partial charge in [-0.3, -0.25) is 4.79 Å². The quantitative estimate of drug-likeness (QED) is 0.336. The number of ether oxygens (including phenoxy) is 2. The van der Waals surface area contributed by atoms with E-state index in [1.807, 2.05) is 0 Å². The highest BCUT2D eigenvalue weighted by Gasteiger charge is 1.99. The van der Waals surface area contributed by atoms with Crippen molar-refractivity contribution < 1.29 is 19.4 Å². The zero-order chi connectivity index (χ0) is 8.53. The smallest absolute Gasteiger partial charge is 0.186 e. The Kier molecular flexibility index (Phi) is 7.83. The fourth-order valence-electron chi connectivity index (χ4n) is 0.426. The molecule has 0 saturated heterocycles. The Morgan fingerprint density at radius 2 is 2.18 bits per heavy atom. The first kappa shape index (κ1) is 10.8. The van der Waals surface area contributed by atoms with Crippen molar-refractivity contribution >= 4 is 17.9 Å². The molecule has 0 saturated carbocycles. The predicted octanol–water partition coefficient (Wildman–Crippen LogP) is -0.224. The summed E-state index contributed by atoms with van der Waals surface area (Å²) in [7, 11) is 0. The number of carbonyl (C=O) groups excluding carboxylic acids is 1. The van der Waals surface area contributed by atoms with Gasteiger partial charge in [0.2, 0.25) is 0 Å². The summed E-state index contributed by atoms with van der Waals surface area (Å²) < 4.78 is 9.56. The van der Waals surface area contributed by atoms with Crippen LogP contribution < -0.4 is 0 Å². The van der Waals surface area contributed by atoms with Gasteiger partial charge in [0.05, 0.1) is 26.4 Å². The molecule has 0 radical (unpaired) electrons. The molecule has 1 unspecified atom stereocenters. The van der Waals surface area contributed by atoms with Gasteiger partial charge in [-0.1, -0.05) is 11.6 Å². The van der Waals surface area contributed by atoms with E-state index >= 15 is 0 Å². The molecule has 1 N–H and O–H groups in total. The maximum absolute atomic E-state index is 9.89. The van der Waals surface area contributed by atoms with E-state index in [0.717, 1.165) is 0 Å². The van der Waals surface area contributed by atoms with E-state index in [2.05, 4.69) is 0 Å². The van der Waals surface area contributed by atoms with Crippen LogP contribution in [-0.4, -0.2) is 43.4 Å². The standard InChI is InChI=1S/C6H11ClO4/c7-6(5-9)11-4-3-10-2-1-8/h5-6,8H,1-4H2. The van der Waals surface area contributed by atoms with E-state index in [1.54, 1.807) is 0 Å². The van der Waals surface area contributed by atoms with E-state index in [1.165, 1.54) is 0 Å². The zero-order valence-electron chi connectivity index (χ0n) is 6.03. The Balaban J connectivity index is 2.95. The summed E-state index contributed by atoms with van der Waals surface area (Å²) in [6.45, 7) is 0.847. The Hall–Kier alpha value is -0.160. The van der Waals surface area contributed by atoms with Gasteiger partial charge in [0.15, 0.2) is 11.8 Å². The summed E-state index contributed by atoms with van der Waals surface area (Å²) in [6, 6.07) is 0. The van der Waals surface area contributed by atoms with Gasteiger partial charge < -0.3 is 14.6 Å². The van der Waals surface area contributed by atoms with Gasteiger partial charge in [-0.15, -0.1) is 0 Å². The summed E-state index contributed by atoms with van der Waals surface area (Å²) in [4.78, 5) is 9.89. The summed E-state index contributed by atoms with van der Waals surface area (Å²) in [5.41, 5.74) is -0.896. The van der Waals surface area contributed by atoms with E-state index in [-0.39, 0.29) is 19.8 Å². The number of aliphatic hydroxyl groups is 1. The Morgan fingerprint density at radius 1 is 1.45 bits per heavy atom. The normalized spacial score (nSPS) is 12.9. The number of rotatable bonds is 7. The number of hydrogen-bond acceptors (Lipinski definition) is 4. The maximum Gasteiger partial charge on any atom is 0.186 e. The number of halogens is 1. The SMILES string of the molecule is O=CC(Cl)OCCOCCO. The van der Waals surface area contributed by atoms with E-state index in [4.69, 9.17) is 26.2 Å². The van der Waals surface area contributed by atoms with Crippen LogP contribution in [0.1, 0.15) is 0 Å². The molecular weight excluding hydrogens is 172 g/mol. The first-order valence-electron chi connectivity index (χ1n) is 3.21. The fraction of sp³-hybridized carbons (Fsp3) is 0.833. The molecule has 0 aromatic heterocycles. The van der Waals surface area contributed by atoms with E-state index < -0.39 is 5.56 Å². The molecule has 0 aliphatic rings. The molecule has 5 heteroatoms. The molecule has 0 fully saturated rings. The van der Waals surface area contributed by atoms with Crippen LogP contribution >= 0.6 is 11.6 Å². The third kappa shape index (κ3) is 7.74. The van der Waals surface area contributed by atoms with Crippen LogP contribution in [0.5, 0.6) is 0 Å². The topological polar surface area (TPSA) is 55.8 Å². The predicted molar refractivity (Wildman–Crippen MR) is 39.6 cm³/mol. The van der Waals surface area contributed by atoms with Crippen LogP contribution in [0, 0.1) is 0 Å². The molecule has 1 atom stereocenters. The lowest BCUT2D eigenvalue weighted by molar-refractivity contribution is -0.114. The first-order valence-corrected chi connectivity index (χ1v) is 3.64. The monoisotopic (exact) mass is 182 g/mol. The van der Waals surface area contributed by atoms with Crippen LogP contribution in [-0.2, 0) is 14.3 Å². The second-order valence-electron chi connectivity index (χ2n) is 1.69. The summed E-state index contributed by atoms with van der Waals surface area (Å²) >= 11 is 5.28. The lowest BCUT2D eigenvalue weighted by Crippen LogP contribution is -2.12. The lowest BCUT2D eigenvalue weighted by atomic mass is 10.7. The average molecular weight is 183 g/mol. The first-order chi connectivity index (χ1) is 5.31. The highest BCUT2D eigenvalue weighted by atomic mass is 35.5. The highest BCUT2D eigenvalue weighted by Crippen LogP contribution is 1.92.